The Labute approximate surface area is 187 Å². The lowest BCUT2D eigenvalue weighted by molar-refractivity contribution is -0.485. The molecule has 1 aromatic rings. The first-order chi connectivity index (χ1) is 15.2. The number of likely N-dealkylation sites (N-methyl/N-ethyl adjacent to an activating group) is 1. The monoisotopic (exact) mass is 453 g/mol. The number of nitrogens with one attached hydrogen (secondary N) is 1. The Morgan fingerprint density at radius 2 is 1.94 bits per heavy atom. The van der Waals surface area contributed by atoms with Crippen LogP contribution >= 0.6 is 0 Å². The van der Waals surface area contributed by atoms with Gasteiger partial charge >= 0.3 is 0 Å². The molecule has 10 atom stereocenters. The quantitative estimate of drug-likeness (QED) is 0.381. The molecule has 180 valence electrons. The molecule has 2 saturated heterocycles. The maximum absolute atomic E-state index is 11.6. The highest BCUT2D eigenvalue weighted by Gasteiger charge is 2.68. The van der Waals surface area contributed by atoms with E-state index in [9.17, 15) is 20.4 Å². The zero-order valence-corrected chi connectivity index (χ0v) is 18.8. The van der Waals surface area contributed by atoms with E-state index in [2.05, 4.69) is 15.3 Å². The number of aliphatic hydroxyl groups excluding tert-OH is 2. The molecule has 3 aliphatic rings. The second kappa shape index (κ2) is 9.19. The van der Waals surface area contributed by atoms with Crippen LogP contribution in [-0.4, -0.2) is 91.7 Å². The summed E-state index contributed by atoms with van der Waals surface area (Å²) in [6.45, 7) is 3.69. The Hall–Kier alpha value is -1.24. The number of hydrogen-bond acceptors (Lipinski definition) is 10. The lowest BCUT2D eigenvalue weighted by Crippen LogP contribution is -2.78. The number of nitrogens with zero attached hydrogens (tertiary/aromatic N) is 2. The molecule has 10 nitrogen and oxygen atoms in total. The summed E-state index contributed by atoms with van der Waals surface area (Å²) in [6, 6.07) is -0.596. The van der Waals surface area contributed by atoms with Crippen LogP contribution < -0.4 is 5.32 Å². The normalized spacial score (nSPS) is 46.3. The van der Waals surface area contributed by atoms with E-state index in [4.69, 9.17) is 14.2 Å². The van der Waals surface area contributed by atoms with Gasteiger partial charge in [0.15, 0.2) is 0 Å². The minimum absolute atomic E-state index is 0.147. The molecule has 0 unspecified atom stereocenters. The number of hydrogen-bond donors (Lipinski definition) is 5. The van der Waals surface area contributed by atoms with E-state index in [-0.39, 0.29) is 12.8 Å². The molecule has 10 heteroatoms. The second-order valence-electron chi connectivity index (χ2n) is 9.31. The van der Waals surface area contributed by atoms with Gasteiger partial charge in [0, 0.05) is 30.9 Å². The van der Waals surface area contributed by atoms with Crippen molar-refractivity contribution in [3.63, 3.8) is 0 Å². The van der Waals surface area contributed by atoms with Gasteiger partial charge in [-0.15, -0.1) is 0 Å². The van der Waals surface area contributed by atoms with Crippen molar-refractivity contribution in [2.45, 2.75) is 100 Å². The molecule has 2 aliphatic heterocycles. The van der Waals surface area contributed by atoms with Crippen molar-refractivity contribution in [1.29, 1.82) is 0 Å². The van der Waals surface area contributed by atoms with Crippen LogP contribution in [0, 0.1) is 5.92 Å². The van der Waals surface area contributed by atoms with E-state index in [0.717, 1.165) is 5.69 Å². The standard InChI is InChI=1S/C22H35N3O7/c1-4-14-16(26)15(23-3)18-19(17(14)27)31-20-22(29,32-18)21(28,10-12(2)30-20)7-5-6-13-11-24-8-9-25-13/h8-9,11-12,14-20,23,26-29H,4-7,10H2,1-3H3/t12-,14-,15+,16+,17+,18-,19-,20+,21+,22-/m1/s1. The summed E-state index contributed by atoms with van der Waals surface area (Å²) in [5.74, 6) is -2.58. The molecule has 3 heterocycles. The van der Waals surface area contributed by atoms with Gasteiger partial charge in [0.05, 0.1) is 30.0 Å². The van der Waals surface area contributed by atoms with Gasteiger partial charge in [0.1, 0.15) is 17.8 Å². The van der Waals surface area contributed by atoms with Crippen molar-refractivity contribution in [2.24, 2.45) is 5.92 Å². The van der Waals surface area contributed by atoms with Crippen LogP contribution in [0.4, 0.5) is 0 Å². The van der Waals surface area contributed by atoms with Gasteiger partial charge in [-0.05, 0) is 39.7 Å². The summed E-state index contributed by atoms with van der Waals surface area (Å²) in [5.41, 5.74) is -0.863. The van der Waals surface area contributed by atoms with Crippen molar-refractivity contribution in [2.75, 3.05) is 7.05 Å². The van der Waals surface area contributed by atoms with Gasteiger partial charge in [0.25, 0.3) is 0 Å². The minimum Gasteiger partial charge on any atom is -0.391 e. The summed E-state index contributed by atoms with van der Waals surface area (Å²) in [5, 5.41) is 48.0. The zero-order chi connectivity index (χ0) is 23.1. The first kappa shape index (κ1) is 23.9. The number of aryl methyl sites for hydroxylation is 1. The van der Waals surface area contributed by atoms with Crippen LogP contribution in [0.2, 0.25) is 0 Å². The van der Waals surface area contributed by atoms with E-state index in [0.29, 0.717) is 19.3 Å². The molecule has 4 rings (SSSR count). The van der Waals surface area contributed by atoms with Crippen LogP contribution in [-0.2, 0) is 20.6 Å². The molecular formula is C22H35N3O7. The van der Waals surface area contributed by atoms with Crippen LogP contribution in [0.3, 0.4) is 0 Å². The number of ether oxygens (including phenoxy) is 3. The summed E-state index contributed by atoms with van der Waals surface area (Å²) in [7, 11) is 1.68. The van der Waals surface area contributed by atoms with Gasteiger partial charge < -0.3 is 40.0 Å². The Balaban J connectivity index is 1.57. The molecular weight excluding hydrogens is 418 g/mol. The molecule has 1 aliphatic carbocycles. The first-order valence-corrected chi connectivity index (χ1v) is 11.5. The Bertz CT molecular complexity index is 773. The predicted molar refractivity (Wildman–Crippen MR) is 112 cm³/mol. The van der Waals surface area contributed by atoms with Gasteiger partial charge in [0.2, 0.25) is 12.1 Å². The average Bonchev–Trinajstić information content (AvgIpc) is 2.75. The van der Waals surface area contributed by atoms with Crippen LogP contribution in [0.1, 0.15) is 45.2 Å². The Morgan fingerprint density at radius 1 is 1.16 bits per heavy atom. The van der Waals surface area contributed by atoms with Gasteiger partial charge in [-0.2, -0.15) is 0 Å². The van der Waals surface area contributed by atoms with Crippen molar-refractivity contribution in [3.8, 4) is 0 Å². The highest BCUT2D eigenvalue weighted by Crippen LogP contribution is 2.49. The summed E-state index contributed by atoms with van der Waals surface area (Å²) < 4.78 is 18.0. The molecule has 3 fully saturated rings. The fourth-order valence-corrected chi connectivity index (χ4v) is 5.56. The largest absolute Gasteiger partial charge is 0.391 e. The average molecular weight is 454 g/mol. The third-order valence-corrected chi connectivity index (χ3v) is 7.27. The van der Waals surface area contributed by atoms with Crippen molar-refractivity contribution >= 4 is 0 Å². The third-order valence-electron chi connectivity index (χ3n) is 7.27. The summed E-state index contributed by atoms with van der Waals surface area (Å²) >= 11 is 0. The highest BCUT2D eigenvalue weighted by molar-refractivity contribution is 5.10. The fraction of sp³-hybridized carbons (Fsp3) is 0.818. The third kappa shape index (κ3) is 3.97. The smallest absolute Gasteiger partial charge is 0.248 e. The predicted octanol–water partition coefficient (Wildman–Crippen LogP) is -0.512. The Morgan fingerprint density at radius 3 is 2.59 bits per heavy atom. The van der Waals surface area contributed by atoms with Gasteiger partial charge in [-0.25, -0.2) is 0 Å². The van der Waals surface area contributed by atoms with E-state index in [1.165, 1.54) is 0 Å². The molecule has 0 radical (unpaired) electrons. The number of aliphatic hydroxyl groups is 4. The molecule has 1 aromatic heterocycles. The molecule has 0 spiro atoms. The maximum Gasteiger partial charge on any atom is 0.248 e. The second-order valence-corrected chi connectivity index (χ2v) is 9.31. The topological polar surface area (TPSA) is 146 Å². The van der Waals surface area contributed by atoms with E-state index >= 15 is 0 Å². The maximum atomic E-state index is 11.6. The number of aromatic nitrogens is 2. The first-order valence-electron chi connectivity index (χ1n) is 11.5. The van der Waals surface area contributed by atoms with Crippen molar-refractivity contribution < 1.29 is 34.6 Å². The van der Waals surface area contributed by atoms with Crippen molar-refractivity contribution in [3.05, 3.63) is 24.3 Å². The van der Waals surface area contributed by atoms with Gasteiger partial charge in [-0.3, -0.25) is 9.97 Å². The Kier molecular flexibility index (Phi) is 6.86. The zero-order valence-electron chi connectivity index (χ0n) is 18.8. The highest BCUT2D eigenvalue weighted by atomic mass is 16.8. The molecule has 0 bridgehead atoms. The number of fused-ring (bicyclic) bond motifs is 2. The summed E-state index contributed by atoms with van der Waals surface area (Å²) in [4.78, 5) is 8.31. The van der Waals surface area contributed by atoms with E-state index in [1.807, 2.05) is 6.92 Å². The van der Waals surface area contributed by atoms with Gasteiger partial charge in [-0.1, -0.05) is 6.92 Å². The molecule has 5 N–H and O–H groups in total. The van der Waals surface area contributed by atoms with Crippen LogP contribution in [0.5, 0.6) is 0 Å². The fourth-order valence-electron chi connectivity index (χ4n) is 5.56. The molecule has 0 aromatic carbocycles. The van der Waals surface area contributed by atoms with E-state index < -0.39 is 60.2 Å². The number of rotatable bonds is 6. The van der Waals surface area contributed by atoms with E-state index in [1.54, 1.807) is 32.6 Å². The molecule has 1 saturated carbocycles. The van der Waals surface area contributed by atoms with Crippen molar-refractivity contribution in [1.82, 2.24) is 15.3 Å². The van der Waals surface area contributed by atoms with Crippen LogP contribution in [0.15, 0.2) is 18.6 Å². The molecule has 32 heavy (non-hydrogen) atoms. The minimum atomic E-state index is -2.16. The molecule has 0 amide bonds. The lowest BCUT2D eigenvalue weighted by atomic mass is 9.73. The van der Waals surface area contributed by atoms with Crippen LogP contribution in [0.25, 0.3) is 0 Å². The summed E-state index contributed by atoms with van der Waals surface area (Å²) in [6.07, 6.45) is 1.65. The lowest BCUT2D eigenvalue weighted by Gasteiger charge is -2.60. The SMILES string of the molecule is CC[C@@H]1[C@H](O)[C@H](NC)[C@H]2O[C@]3(O)[C@H](O[C@@H]2[C@H]1O)O[C@H](C)C[C@@]3(O)CCCc1cnccn1.